The third-order valence-electron chi connectivity index (χ3n) is 6.16. The van der Waals surface area contributed by atoms with E-state index in [1.807, 2.05) is 6.08 Å². The fourth-order valence-corrected chi connectivity index (χ4v) is 4.59. The maximum Gasteiger partial charge on any atom is 0.0612 e. The van der Waals surface area contributed by atoms with E-state index in [0.717, 1.165) is 37.6 Å². The summed E-state index contributed by atoms with van der Waals surface area (Å²) >= 11 is 0. The minimum Gasteiger partial charge on any atom is -0.392 e. The van der Waals surface area contributed by atoms with Crippen molar-refractivity contribution in [2.45, 2.75) is 50.7 Å². The minimum absolute atomic E-state index is 0.197. The van der Waals surface area contributed by atoms with Gasteiger partial charge in [0.25, 0.3) is 0 Å². The maximum atomic E-state index is 9.76. The Morgan fingerprint density at radius 2 is 2.29 bits per heavy atom. The molecule has 0 aliphatic heterocycles. The summed E-state index contributed by atoms with van der Waals surface area (Å²) in [6, 6.07) is 0.197. The van der Waals surface area contributed by atoms with Crippen LogP contribution in [0.15, 0.2) is 59.8 Å². The van der Waals surface area contributed by atoms with Crippen LogP contribution in [0.1, 0.15) is 38.5 Å². The highest BCUT2D eigenvalue weighted by Crippen LogP contribution is 2.50. The first-order valence-corrected chi connectivity index (χ1v) is 9.55. The van der Waals surface area contributed by atoms with Crippen LogP contribution in [0.4, 0.5) is 0 Å². The Morgan fingerprint density at radius 1 is 1.38 bits per heavy atom. The first-order chi connectivity index (χ1) is 11.7. The van der Waals surface area contributed by atoms with E-state index in [2.05, 4.69) is 42.3 Å². The molecule has 4 rings (SSSR count). The second-order valence-corrected chi connectivity index (χ2v) is 7.87. The van der Waals surface area contributed by atoms with Crippen molar-refractivity contribution in [1.82, 2.24) is 5.32 Å². The molecule has 0 bridgehead atoms. The molecule has 4 aliphatic carbocycles. The van der Waals surface area contributed by atoms with Gasteiger partial charge in [0.05, 0.1) is 6.10 Å². The molecule has 0 heterocycles. The standard InChI is InChI=1S/C22H29NO/c1-2-22(17-9-10-20(24)13-17)23-14-18-5-3-4-6-21(18)16-8-7-15-11-19(15)12-16/h2-4,6,9,12,15,18-20,22-24H,1,5,7-8,10-11,13-14H2. The van der Waals surface area contributed by atoms with Crippen molar-refractivity contribution in [3.05, 3.63) is 59.8 Å². The van der Waals surface area contributed by atoms with Crippen molar-refractivity contribution in [2.75, 3.05) is 6.54 Å². The Bertz CT molecular complexity index is 624. The first-order valence-electron chi connectivity index (χ1n) is 9.55. The highest BCUT2D eigenvalue weighted by Gasteiger charge is 2.38. The molecule has 0 aromatic rings. The number of aliphatic hydroxyl groups is 1. The predicted octanol–water partition coefficient (Wildman–Crippen LogP) is 4.07. The van der Waals surface area contributed by atoms with Gasteiger partial charge in [-0.2, -0.15) is 0 Å². The molecule has 1 saturated carbocycles. The minimum atomic E-state index is -0.198. The molecule has 0 aromatic carbocycles. The van der Waals surface area contributed by atoms with Crippen LogP contribution in [0, 0.1) is 17.8 Å². The molecule has 128 valence electrons. The zero-order valence-electron chi connectivity index (χ0n) is 14.5. The van der Waals surface area contributed by atoms with Crippen LogP contribution in [0.5, 0.6) is 0 Å². The van der Waals surface area contributed by atoms with Gasteiger partial charge < -0.3 is 10.4 Å². The highest BCUT2D eigenvalue weighted by atomic mass is 16.3. The fraction of sp³-hybridized carbons (Fsp3) is 0.545. The summed E-state index contributed by atoms with van der Waals surface area (Å²) in [5.41, 5.74) is 4.46. The summed E-state index contributed by atoms with van der Waals surface area (Å²) in [5.74, 6) is 2.43. The SMILES string of the molecule is C=CC(NCC1CC=CC=C1C1=CC2CC2CC1)C1=CCC(O)C1. The van der Waals surface area contributed by atoms with E-state index in [9.17, 15) is 5.11 Å². The van der Waals surface area contributed by atoms with Gasteiger partial charge in [-0.1, -0.05) is 42.0 Å². The highest BCUT2D eigenvalue weighted by molar-refractivity contribution is 5.41. The van der Waals surface area contributed by atoms with Crippen LogP contribution >= 0.6 is 0 Å². The first kappa shape index (κ1) is 16.1. The number of nitrogens with one attached hydrogen (secondary N) is 1. The van der Waals surface area contributed by atoms with Crippen molar-refractivity contribution < 1.29 is 5.11 Å². The average molecular weight is 323 g/mol. The van der Waals surface area contributed by atoms with Gasteiger partial charge in [-0.3, -0.25) is 0 Å². The van der Waals surface area contributed by atoms with Gasteiger partial charge in [0.15, 0.2) is 0 Å². The smallest absolute Gasteiger partial charge is 0.0612 e. The normalized spacial score (nSPS) is 35.6. The van der Waals surface area contributed by atoms with E-state index in [0.29, 0.717) is 5.92 Å². The Labute approximate surface area is 145 Å². The number of fused-ring (bicyclic) bond motifs is 1. The molecular formula is C22H29NO. The Hall–Kier alpha value is -1.38. The summed E-state index contributed by atoms with van der Waals surface area (Å²) in [7, 11) is 0. The Balaban J connectivity index is 1.40. The lowest BCUT2D eigenvalue weighted by Gasteiger charge is -2.28. The molecule has 2 nitrogen and oxygen atoms in total. The molecule has 0 aromatic heterocycles. The molecule has 0 saturated heterocycles. The largest absolute Gasteiger partial charge is 0.392 e. The van der Waals surface area contributed by atoms with Crippen LogP contribution in [0.25, 0.3) is 0 Å². The number of rotatable bonds is 6. The summed E-state index contributed by atoms with van der Waals surface area (Å²) in [6.07, 6.45) is 20.2. The molecule has 5 atom stereocenters. The van der Waals surface area contributed by atoms with Gasteiger partial charge in [0, 0.05) is 18.5 Å². The van der Waals surface area contributed by atoms with Crippen LogP contribution in [-0.2, 0) is 0 Å². The second kappa shape index (κ2) is 6.85. The summed E-state index contributed by atoms with van der Waals surface area (Å²) in [5, 5.41) is 13.5. The van der Waals surface area contributed by atoms with E-state index >= 15 is 0 Å². The average Bonchev–Trinajstić information content (AvgIpc) is 3.27. The molecule has 0 radical (unpaired) electrons. The molecule has 2 heteroatoms. The van der Waals surface area contributed by atoms with Gasteiger partial charge in [0.1, 0.15) is 0 Å². The van der Waals surface area contributed by atoms with Gasteiger partial charge in [0.2, 0.25) is 0 Å². The van der Waals surface area contributed by atoms with Crippen molar-refractivity contribution in [2.24, 2.45) is 17.8 Å². The summed E-state index contributed by atoms with van der Waals surface area (Å²) < 4.78 is 0. The number of aliphatic hydroxyl groups excluding tert-OH is 1. The molecule has 5 unspecified atom stereocenters. The molecule has 0 amide bonds. The van der Waals surface area contributed by atoms with Gasteiger partial charge >= 0.3 is 0 Å². The lowest BCUT2D eigenvalue weighted by Crippen LogP contribution is -2.34. The quantitative estimate of drug-likeness (QED) is 0.722. The van der Waals surface area contributed by atoms with Crippen LogP contribution in [0.2, 0.25) is 0 Å². The number of allylic oxidation sites excluding steroid dienone is 5. The molecule has 2 N–H and O–H groups in total. The maximum absolute atomic E-state index is 9.76. The van der Waals surface area contributed by atoms with Gasteiger partial charge in [-0.15, -0.1) is 6.58 Å². The van der Waals surface area contributed by atoms with Crippen LogP contribution < -0.4 is 5.32 Å². The fourth-order valence-electron chi connectivity index (χ4n) is 4.59. The molecular weight excluding hydrogens is 294 g/mol. The predicted molar refractivity (Wildman–Crippen MR) is 99.6 cm³/mol. The third kappa shape index (κ3) is 3.36. The molecule has 4 aliphatic rings. The lowest BCUT2D eigenvalue weighted by atomic mass is 9.82. The Kier molecular flexibility index (Phi) is 4.60. The van der Waals surface area contributed by atoms with Crippen molar-refractivity contribution in [3.8, 4) is 0 Å². The van der Waals surface area contributed by atoms with Gasteiger partial charge in [-0.05, 0) is 61.5 Å². The van der Waals surface area contributed by atoms with Gasteiger partial charge in [-0.25, -0.2) is 0 Å². The number of hydrogen-bond acceptors (Lipinski definition) is 2. The molecule has 24 heavy (non-hydrogen) atoms. The number of hydrogen-bond donors (Lipinski definition) is 2. The van der Waals surface area contributed by atoms with E-state index in [-0.39, 0.29) is 12.1 Å². The second-order valence-electron chi connectivity index (χ2n) is 7.87. The van der Waals surface area contributed by atoms with E-state index < -0.39 is 0 Å². The zero-order valence-corrected chi connectivity index (χ0v) is 14.5. The van der Waals surface area contributed by atoms with E-state index in [4.69, 9.17) is 0 Å². The summed E-state index contributed by atoms with van der Waals surface area (Å²) in [4.78, 5) is 0. The van der Waals surface area contributed by atoms with Crippen molar-refractivity contribution in [3.63, 3.8) is 0 Å². The zero-order chi connectivity index (χ0) is 16.5. The third-order valence-corrected chi connectivity index (χ3v) is 6.16. The monoisotopic (exact) mass is 323 g/mol. The van der Waals surface area contributed by atoms with Crippen LogP contribution in [-0.4, -0.2) is 23.8 Å². The van der Waals surface area contributed by atoms with Crippen LogP contribution in [0.3, 0.4) is 0 Å². The van der Waals surface area contributed by atoms with Crippen molar-refractivity contribution >= 4 is 0 Å². The van der Waals surface area contributed by atoms with E-state index in [1.54, 1.807) is 11.1 Å². The lowest BCUT2D eigenvalue weighted by molar-refractivity contribution is 0.186. The molecule has 0 spiro atoms. The topological polar surface area (TPSA) is 32.3 Å². The molecule has 1 fully saturated rings. The Morgan fingerprint density at radius 3 is 3.04 bits per heavy atom. The van der Waals surface area contributed by atoms with Crippen molar-refractivity contribution in [1.29, 1.82) is 0 Å². The van der Waals surface area contributed by atoms with E-state index in [1.165, 1.54) is 24.8 Å². The summed E-state index contributed by atoms with van der Waals surface area (Å²) in [6.45, 7) is 4.97.